The molecule has 0 bridgehead atoms. The number of fused-ring (bicyclic) bond motifs is 1. The number of hydrogen-bond donors (Lipinski definition) is 1. The van der Waals surface area contributed by atoms with Crippen LogP contribution in [-0.2, 0) is 0 Å². The fourth-order valence-corrected chi connectivity index (χ4v) is 2.10. The summed E-state index contributed by atoms with van der Waals surface area (Å²) in [6.07, 6.45) is -3.56. The third kappa shape index (κ3) is 2.78. The summed E-state index contributed by atoms with van der Waals surface area (Å²) in [5, 5.41) is 10.2. The van der Waals surface area contributed by atoms with Gasteiger partial charge in [-0.3, -0.25) is 0 Å². The van der Waals surface area contributed by atoms with Crippen molar-refractivity contribution in [3.8, 4) is 22.8 Å². The standard InChI is InChI=1S/C15H9F3N2O2/c16-15(17,18)22-13-7-9(5-6-12(13)21)14-10-3-1-2-4-11(10)19-8-20-14/h1-8,21H. The van der Waals surface area contributed by atoms with Crippen molar-refractivity contribution < 1.29 is 23.0 Å². The average molecular weight is 306 g/mol. The highest BCUT2D eigenvalue weighted by atomic mass is 19.4. The molecule has 0 saturated carbocycles. The maximum Gasteiger partial charge on any atom is 0.573 e. The van der Waals surface area contributed by atoms with Crippen LogP contribution in [0.25, 0.3) is 22.2 Å². The lowest BCUT2D eigenvalue weighted by Crippen LogP contribution is -2.17. The van der Waals surface area contributed by atoms with Gasteiger partial charge in [0.25, 0.3) is 0 Å². The van der Waals surface area contributed by atoms with Crippen LogP contribution in [0.4, 0.5) is 13.2 Å². The van der Waals surface area contributed by atoms with E-state index in [0.29, 0.717) is 22.2 Å². The predicted molar refractivity (Wildman–Crippen MR) is 73.3 cm³/mol. The Labute approximate surface area is 122 Å². The average Bonchev–Trinajstić information content (AvgIpc) is 2.48. The minimum absolute atomic E-state index is 0.385. The van der Waals surface area contributed by atoms with Gasteiger partial charge in [0.15, 0.2) is 11.5 Å². The second-order valence-corrected chi connectivity index (χ2v) is 4.47. The number of ether oxygens (including phenoxy) is 1. The SMILES string of the molecule is Oc1ccc(-c2ncnc3ccccc23)cc1OC(F)(F)F. The lowest BCUT2D eigenvalue weighted by Gasteiger charge is -2.12. The molecular weight excluding hydrogens is 297 g/mol. The first kappa shape index (κ1) is 14.1. The molecule has 2 aromatic carbocycles. The highest BCUT2D eigenvalue weighted by Crippen LogP contribution is 2.36. The first-order valence-corrected chi connectivity index (χ1v) is 6.23. The van der Waals surface area contributed by atoms with Crippen LogP contribution in [0.15, 0.2) is 48.8 Å². The molecule has 3 aromatic rings. The van der Waals surface area contributed by atoms with Gasteiger partial charge in [-0.1, -0.05) is 18.2 Å². The van der Waals surface area contributed by atoms with Crippen molar-refractivity contribution >= 4 is 10.9 Å². The number of benzene rings is 2. The molecule has 0 saturated heterocycles. The molecule has 4 nitrogen and oxygen atoms in total. The third-order valence-electron chi connectivity index (χ3n) is 3.00. The Bertz CT molecular complexity index is 829. The van der Waals surface area contributed by atoms with E-state index in [1.54, 1.807) is 24.3 Å². The van der Waals surface area contributed by atoms with Crippen LogP contribution in [0.5, 0.6) is 11.5 Å². The van der Waals surface area contributed by atoms with Gasteiger partial charge in [0.1, 0.15) is 6.33 Å². The molecule has 7 heteroatoms. The molecule has 0 unspecified atom stereocenters. The Kier molecular flexibility index (Phi) is 3.32. The quantitative estimate of drug-likeness (QED) is 0.780. The Hall–Kier alpha value is -2.83. The van der Waals surface area contributed by atoms with E-state index in [0.717, 1.165) is 12.1 Å². The summed E-state index contributed by atoms with van der Waals surface area (Å²) < 4.78 is 40.9. The van der Waals surface area contributed by atoms with E-state index in [2.05, 4.69) is 14.7 Å². The summed E-state index contributed by atoms with van der Waals surface area (Å²) in [5.41, 5.74) is 1.51. The van der Waals surface area contributed by atoms with E-state index in [-0.39, 0.29) is 0 Å². The molecule has 0 aliphatic carbocycles. The zero-order chi connectivity index (χ0) is 15.7. The van der Waals surface area contributed by atoms with Crippen molar-refractivity contribution in [1.29, 1.82) is 0 Å². The highest BCUT2D eigenvalue weighted by molar-refractivity contribution is 5.92. The van der Waals surface area contributed by atoms with Gasteiger partial charge < -0.3 is 9.84 Å². The molecule has 0 atom stereocenters. The number of hydrogen-bond acceptors (Lipinski definition) is 4. The van der Waals surface area contributed by atoms with Crippen molar-refractivity contribution in [3.05, 3.63) is 48.8 Å². The van der Waals surface area contributed by atoms with Gasteiger partial charge >= 0.3 is 6.36 Å². The predicted octanol–water partition coefficient (Wildman–Crippen LogP) is 3.90. The smallest absolute Gasteiger partial charge is 0.504 e. The first-order valence-electron chi connectivity index (χ1n) is 6.23. The van der Waals surface area contributed by atoms with Crippen molar-refractivity contribution in [2.75, 3.05) is 0 Å². The van der Waals surface area contributed by atoms with Crippen molar-refractivity contribution in [1.82, 2.24) is 9.97 Å². The zero-order valence-corrected chi connectivity index (χ0v) is 11.0. The Morgan fingerprint density at radius 2 is 1.77 bits per heavy atom. The second-order valence-electron chi connectivity index (χ2n) is 4.47. The van der Waals surface area contributed by atoms with Crippen LogP contribution in [0.1, 0.15) is 0 Å². The van der Waals surface area contributed by atoms with Crippen molar-refractivity contribution in [2.45, 2.75) is 6.36 Å². The maximum atomic E-state index is 12.3. The number of phenols is 1. The molecule has 112 valence electrons. The number of halogens is 3. The molecule has 3 rings (SSSR count). The van der Waals surface area contributed by atoms with Crippen LogP contribution in [0.3, 0.4) is 0 Å². The Morgan fingerprint density at radius 3 is 2.55 bits per heavy atom. The van der Waals surface area contributed by atoms with E-state index < -0.39 is 17.9 Å². The summed E-state index contributed by atoms with van der Waals surface area (Å²) in [4.78, 5) is 8.21. The number of aromatic nitrogens is 2. The monoisotopic (exact) mass is 306 g/mol. The molecule has 22 heavy (non-hydrogen) atoms. The lowest BCUT2D eigenvalue weighted by molar-refractivity contribution is -0.275. The summed E-state index contributed by atoms with van der Waals surface area (Å²) in [7, 11) is 0. The number of aromatic hydroxyl groups is 1. The van der Waals surface area contributed by atoms with Gasteiger partial charge in [-0.25, -0.2) is 9.97 Å². The summed E-state index contributed by atoms with van der Waals surface area (Å²) in [5.74, 6) is -1.27. The molecule has 1 heterocycles. The fourth-order valence-electron chi connectivity index (χ4n) is 2.10. The molecule has 0 spiro atoms. The highest BCUT2D eigenvalue weighted by Gasteiger charge is 2.32. The van der Waals surface area contributed by atoms with Crippen LogP contribution >= 0.6 is 0 Å². The molecule has 1 N–H and O–H groups in total. The van der Waals surface area contributed by atoms with E-state index in [9.17, 15) is 18.3 Å². The number of rotatable bonds is 2. The lowest BCUT2D eigenvalue weighted by atomic mass is 10.1. The van der Waals surface area contributed by atoms with Gasteiger partial charge in [0.2, 0.25) is 0 Å². The van der Waals surface area contributed by atoms with Crippen LogP contribution in [0.2, 0.25) is 0 Å². The molecule has 0 aliphatic rings. The number of para-hydroxylation sites is 1. The topological polar surface area (TPSA) is 55.2 Å². The minimum atomic E-state index is -4.89. The zero-order valence-electron chi connectivity index (χ0n) is 11.0. The van der Waals surface area contributed by atoms with Crippen molar-refractivity contribution in [2.24, 2.45) is 0 Å². The maximum absolute atomic E-state index is 12.3. The van der Waals surface area contributed by atoms with Gasteiger partial charge in [0.05, 0.1) is 11.2 Å². The number of nitrogens with zero attached hydrogens (tertiary/aromatic N) is 2. The molecule has 1 aromatic heterocycles. The first-order chi connectivity index (χ1) is 10.4. The van der Waals surface area contributed by atoms with E-state index >= 15 is 0 Å². The number of phenolic OH excluding ortho intramolecular Hbond substituents is 1. The Morgan fingerprint density at radius 1 is 1.00 bits per heavy atom. The van der Waals surface area contributed by atoms with E-state index in [4.69, 9.17) is 0 Å². The van der Waals surface area contributed by atoms with Crippen LogP contribution in [-0.4, -0.2) is 21.4 Å². The number of alkyl halides is 3. The Balaban J connectivity index is 2.13. The van der Waals surface area contributed by atoms with E-state index in [1.165, 1.54) is 12.4 Å². The normalized spacial score (nSPS) is 11.6. The van der Waals surface area contributed by atoms with E-state index in [1.807, 2.05) is 0 Å². The molecule has 0 aliphatic heterocycles. The molecule has 0 fully saturated rings. The van der Waals surface area contributed by atoms with Crippen LogP contribution < -0.4 is 4.74 Å². The summed E-state index contributed by atoms with van der Waals surface area (Å²) in [6.45, 7) is 0. The summed E-state index contributed by atoms with van der Waals surface area (Å²) in [6, 6.07) is 10.8. The van der Waals surface area contributed by atoms with Crippen LogP contribution in [0, 0.1) is 0 Å². The fraction of sp³-hybridized carbons (Fsp3) is 0.0667. The minimum Gasteiger partial charge on any atom is -0.504 e. The summed E-state index contributed by atoms with van der Waals surface area (Å²) >= 11 is 0. The van der Waals surface area contributed by atoms with Gasteiger partial charge in [-0.05, 0) is 24.3 Å². The second kappa shape index (κ2) is 5.18. The molecular formula is C15H9F3N2O2. The largest absolute Gasteiger partial charge is 0.573 e. The van der Waals surface area contributed by atoms with Gasteiger partial charge in [-0.15, -0.1) is 13.2 Å². The third-order valence-corrected chi connectivity index (χ3v) is 3.00. The molecule has 0 amide bonds. The molecule has 0 radical (unpaired) electrons. The van der Waals surface area contributed by atoms with Crippen molar-refractivity contribution in [3.63, 3.8) is 0 Å². The van der Waals surface area contributed by atoms with Gasteiger partial charge in [0, 0.05) is 10.9 Å². The van der Waals surface area contributed by atoms with Gasteiger partial charge in [-0.2, -0.15) is 0 Å².